The van der Waals surface area contributed by atoms with Crippen molar-refractivity contribution in [1.82, 2.24) is 5.32 Å². The monoisotopic (exact) mass is 334 g/mol. The molecule has 5 nitrogen and oxygen atoms in total. The van der Waals surface area contributed by atoms with Gasteiger partial charge in [-0.05, 0) is 41.8 Å². The zero-order chi connectivity index (χ0) is 12.1. The normalized spacial score (nSPS) is 9.88. The topological polar surface area (TPSA) is 78.4 Å². The Morgan fingerprint density at radius 3 is 2.69 bits per heavy atom. The lowest BCUT2D eigenvalue weighted by Gasteiger charge is -2.09. The second-order valence-corrected chi connectivity index (χ2v) is 4.21. The van der Waals surface area contributed by atoms with Crippen LogP contribution >= 0.6 is 22.6 Å². The summed E-state index contributed by atoms with van der Waals surface area (Å²) in [5.74, 6) is -1.32. The van der Waals surface area contributed by atoms with E-state index < -0.39 is 5.97 Å². The van der Waals surface area contributed by atoms with E-state index in [1.54, 1.807) is 25.2 Å². The number of nitrogens with one attached hydrogen (secondary N) is 2. The maximum Gasteiger partial charge on any atom is 0.338 e. The predicted octanol–water partition coefficient (Wildman–Crippen LogP) is 1.15. The fourth-order valence-corrected chi connectivity index (χ4v) is 1.93. The molecule has 1 aromatic rings. The molecule has 0 atom stereocenters. The molecule has 16 heavy (non-hydrogen) atoms. The number of carboxylic acids is 1. The highest BCUT2D eigenvalue weighted by Crippen LogP contribution is 2.21. The van der Waals surface area contributed by atoms with Crippen LogP contribution < -0.4 is 10.6 Å². The van der Waals surface area contributed by atoms with Gasteiger partial charge in [-0.2, -0.15) is 0 Å². The quantitative estimate of drug-likeness (QED) is 0.722. The van der Waals surface area contributed by atoms with Gasteiger partial charge in [-0.25, -0.2) is 4.79 Å². The molecule has 1 rings (SSSR count). The third kappa shape index (κ3) is 3.17. The summed E-state index contributed by atoms with van der Waals surface area (Å²) >= 11 is 1.92. The number of carbonyl (C=O) groups is 2. The van der Waals surface area contributed by atoms with Crippen LogP contribution in [0.2, 0.25) is 0 Å². The van der Waals surface area contributed by atoms with Gasteiger partial charge < -0.3 is 15.7 Å². The first-order chi connectivity index (χ1) is 7.56. The van der Waals surface area contributed by atoms with Crippen molar-refractivity contribution in [2.45, 2.75) is 0 Å². The SMILES string of the molecule is CNCC(=O)Nc1cccc(I)c1C(=O)O. The van der Waals surface area contributed by atoms with Crippen LogP contribution in [0.4, 0.5) is 5.69 Å². The standard InChI is InChI=1S/C10H11IN2O3/c1-12-5-8(14)13-7-4-2-3-6(11)9(7)10(15)16/h2-4,12H,5H2,1H3,(H,13,14)(H,15,16). The first-order valence-corrected chi connectivity index (χ1v) is 5.60. The van der Waals surface area contributed by atoms with E-state index in [4.69, 9.17) is 5.11 Å². The van der Waals surface area contributed by atoms with E-state index >= 15 is 0 Å². The molecule has 0 heterocycles. The molecule has 6 heteroatoms. The highest BCUT2D eigenvalue weighted by atomic mass is 127. The Bertz CT molecular complexity index is 421. The van der Waals surface area contributed by atoms with Crippen LogP contribution in [0.1, 0.15) is 10.4 Å². The van der Waals surface area contributed by atoms with Gasteiger partial charge >= 0.3 is 5.97 Å². The second kappa shape index (κ2) is 5.80. The molecule has 0 aliphatic heterocycles. The molecule has 0 saturated heterocycles. The van der Waals surface area contributed by atoms with Crippen molar-refractivity contribution in [3.8, 4) is 0 Å². The Morgan fingerprint density at radius 1 is 1.44 bits per heavy atom. The molecule has 0 unspecified atom stereocenters. The number of benzene rings is 1. The zero-order valence-corrected chi connectivity index (χ0v) is 10.7. The summed E-state index contributed by atoms with van der Waals surface area (Å²) in [4.78, 5) is 22.3. The lowest BCUT2D eigenvalue weighted by atomic mass is 10.2. The summed E-state index contributed by atoms with van der Waals surface area (Å²) in [7, 11) is 1.65. The van der Waals surface area contributed by atoms with Crippen LogP contribution in [0.25, 0.3) is 0 Å². The lowest BCUT2D eigenvalue weighted by Crippen LogP contribution is -2.26. The Hall–Kier alpha value is -1.15. The molecule has 0 saturated carbocycles. The number of rotatable bonds is 4. The highest BCUT2D eigenvalue weighted by molar-refractivity contribution is 14.1. The Morgan fingerprint density at radius 2 is 2.12 bits per heavy atom. The summed E-state index contributed by atoms with van der Waals surface area (Å²) in [5, 5.41) is 14.3. The first kappa shape index (κ1) is 12.9. The number of hydrogen-bond donors (Lipinski definition) is 3. The van der Waals surface area contributed by atoms with Crippen LogP contribution in [-0.2, 0) is 4.79 Å². The van der Waals surface area contributed by atoms with Gasteiger partial charge in [0.25, 0.3) is 0 Å². The van der Waals surface area contributed by atoms with Crippen molar-refractivity contribution < 1.29 is 14.7 Å². The van der Waals surface area contributed by atoms with Crippen LogP contribution in [-0.4, -0.2) is 30.6 Å². The molecule has 0 radical (unpaired) electrons. The van der Waals surface area contributed by atoms with Crippen LogP contribution in [0.3, 0.4) is 0 Å². The van der Waals surface area contributed by atoms with Gasteiger partial charge in [-0.3, -0.25) is 4.79 Å². The minimum absolute atomic E-state index is 0.118. The average Bonchev–Trinajstić information content (AvgIpc) is 2.17. The molecule has 0 fully saturated rings. The Labute approximate surface area is 106 Å². The predicted molar refractivity (Wildman–Crippen MR) is 68.7 cm³/mol. The van der Waals surface area contributed by atoms with E-state index in [1.807, 2.05) is 22.6 Å². The van der Waals surface area contributed by atoms with Crippen molar-refractivity contribution in [2.75, 3.05) is 18.9 Å². The summed E-state index contributed by atoms with van der Waals surface area (Å²) < 4.78 is 0.590. The third-order valence-electron chi connectivity index (χ3n) is 1.84. The van der Waals surface area contributed by atoms with E-state index in [9.17, 15) is 9.59 Å². The molecule has 0 aliphatic carbocycles. The minimum atomic E-state index is -1.05. The fourth-order valence-electron chi connectivity index (χ4n) is 1.20. The largest absolute Gasteiger partial charge is 0.478 e. The Balaban J connectivity index is 3.00. The molecule has 3 N–H and O–H groups in total. The number of carbonyl (C=O) groups excluding carboxylic acids is 1. The molecule has 86 valence electrons. The van der Waals surface area contributed by atoms with Crippen molar-refractivity contribution in [3.05, 3.63) is 27.3 Å². The van der Waals surface area contributed by atoms with Crippen molar-refractivity contribution >= 4 is 40.2 Å². The van der Waals surface area contributed by atoms with Gasteiger partial charge in [-0.15, -0.1) is 0 Å². The van der Waals surface area contributed by atoms with Crippen molar-refractivity contribution in [3.63, 3.8) is 0 Å². The second-order valence-electron chi connectivity index (χ2n) is 3.05. The molecule has 0 bridgehead atoms. The van der Waals surface area contributed by atoms with Gasteiger partial charge in [0.15, 0.2) is 0 Å². The van der Waals surface area contributed by atoms with E-state index in [0.29, 0.717) is 9.26 Å². The van der Waals surface area contributed by atoms with Crippen molar-refractivity contribution in [1.29, 1.82) is 0 Å². The molecule has 1 aromatic carbocycles. The maximum atomic E-state index is 11.3. The van der Waals surface area contributed by atoms with Crippen LogP contribution in [0, 0.1) is 3.57 Å². The van der Waals surface area contributed by atoms with E-state index in [-0.39, 0.29) is 18.0 Å². The van der Waals surface area contributed by atoms with E-state index in [0.717, 1.165) is 0 Å². The molecular formula is C10H11IN2O3. The zero-order valence-electron chi connectivity index (χ0n) is 8.58. The van der Waals surface area contributed by atoms with Crippen molar-refractivity contribution in [2.24, 2.45) is 0 Å². The minimum Gasteiger partial charge on any atom is -0.478 e. The number of halogens is 1. The van der Waals surface area contributed by atoms with Gasteiger partial charge in [0, 0.05) is 3.57 Å². The molecule has 0 aliphatic rings. The Kier molecular flexibility index (Phi) is 4.69. The van der Waals surface area contributed by atoms with Gasteiger partial charge in [0.1, 0.15) is 0 Å². The average molecular weight is 334 g/mol. The molecule has 0 aromatic heterocycles. The summed E-state index contributed by atoms with van der Waals surface area (Å²) in [6, 6.07) is 4.94. The third-order valence-corrected chi connectivity index (χ3v) is 2.74. The number of anilines is 1. The smallest absolute Gasteiger partial charge is 0.338 e. The van der Waals surface area contributed by atoms with Gasteiger partial charge in [0.05, 0.1) is 17.8 Å². The van der Waals surface area contributed by atoms with Gasteiger partial charge in [-0.1, -0.05) is 6.07 Å². The lowest BCUT2D eigenvalue weighted by molar-refractivity contribution is -0.115. The fraction of sp³-hybridized carbons (Fsp3) is 0.200. The highest BCUT2D eigenvalue weighted by Gasteiger charge is 2.15. The number of hydrogen-bond acceptors (Lipinski definition) is 3. The number of amides is 1. The number of aromatic carboxylic acids is 1. The van der Waals surface area contributed by atoms with Crippen LogP contribution in [0.5, 0.6) is 0 Å². The molecule has 1 amide bonds. The first-order valence-electron chi connectivity index (χ1n) is 4.52. The van der Waals surface area contributed by atoms with Gasteiger partial charge in [0.2, 0.25) is 5.91 Å². The molecular weight excluding hydrogens is 323 g/mol. The van der Waals surface area contributed by atoms with E-state index in [2.05, 4.69) is 10.6 Å². The van der Waals surface area contributed by atoms with Crippen LogP contribution in [0.15, 0.2) is 18.2 Å². The summed E-state index contributed by atoms with van der Waals surface area (Å²) in [6.07, 6.45) is 0. The summed E-state index contributed by atoms with van der Waals surface area (Å²) in [6.45, 7) is 0.143. The maximum absolute atomic E-state index is 11.3. The number of likely N-dealkylation sites (N-methyl/N-ethyl adjacent to an activating group) is 1. The molecule has 0 spiro atoms. The number of carboxylic acid groups (broad SMARTS) is 1. The summed E-state index contributed by atoms with van der Waals surface area (Å²) in [5.41, 5.74) is 0.437. The van der Waals surface area contributed by atoms with E-state index in [1.165, 1.54) is 0 Å².